The van der Waals surface area contributed by atoms with E-state index in [9.17, 15) is 9.70 Å². The first-order valence-electron chi connectivity index (χ1n) is 11.0. The molecule has 0 saturated carbocycles. The molecular formula is C23H31N5O3. The Hall–Kier alpha value is -2.87. The molecule has 1 fully saturated rings. The predicted molar refractivity (Wildman–Crippen MR) is 121 cm³/mol. The molecule has 166 valence electrons. The Labute approximate surface area is 183 Å². The summed E-state index contributed by atoms with van der Waals surface area (Å²) < 4.78 is 7.15. The van der Waals surface area contributed by atoms with Gasteiger partial charge in [-0.05, 0) is 37.6 Å². The van der Waals surface area contributed by atoms with Gasteiger partial charge in [-0.25, -0.2) is 0 Å². The van der Waals surface area contributed by atoms with Gasteiger partial charge in [0.15, 0.2) is 0 Å². The van der Waals surface area contributed by atoms with Crippen LogP contribution in [0, 0.1) is 4.91 Å². The molecule has 0 N–H and O–H groups in total. The van der Waals surface area contributed by atoms with Crippen LogP contribution in [-0.2, 0) is 7.05 Å². The van der Waals surface area contributed by atoms with Gasteiger partial charge >= 0.3 is 0 Å². The SMILES string of the molecule is COc1cccc(N2CCN(CCCN3CCC(N=O)c4ccn(C)c4C3=O)CC2)c1. The summed E-state index contributed by atoms with van der Waals surface area (Å²) in [4.78, 5) is 31.1. The summed E-state index contributed by atoms with van der Waals surface area (Å²) in [6.45, 7) is 6.21. The van der Waals surface area contributed by atoms with Crippen LogP contribution in [0.4, 0.5) is 5.69 Å². The van der Waals surface area contributed by atoms with E-state index in [0.29, 0.717) is 25.2 Å². The van der Waals surface area contributed by atoms with Gasteiger partial charge in [0.05, 0.1) is 7.11 Å². The number of aromatic nitrogens is 1. The number of fused-ring (bicyclic) bond motifs is 1. The standard InChI is InChI=1S/C23H31N5O3/c1-25-11-7-20-21(24-30)8-12-28(23(29)22(20)25)10-4-9-26-13-15-27(16-14-26)18-5-3-6-19(17-18)31-2/h3,5-7,11,17,21H,4,8-10,12-16H2,1-2H3. The Morgan fingerprint density at radius 3 is 2.65 bits per heavy atom. The van der Waals surface area contributed by atoms with E-state index in [1.165, 1.54) is 5.69 Å². The van der Waals surface area contributed by atoms with Crippen LogP contribution >= 0.6 is 0 Å². The molecule has 2 aromatic rings. The molecule has 1 aromatic carbocycles. The fourth-order valence-corrected chi connectivity index (χ4v) is 4.62. The van der Waals surface area contributed by atoms with Crippen LogP contribution in [0.1, 0.15) is 34.9 Å². The minimum absolute atomic E-state index is 0.0106. The fraction of sp³-hybridized carbons (Fsp3) is 0.522. The number of nitrogens with zero attached hydrogens (tertiary/aromatic N) is 5. The van der Waals surface area contributed by atoms with Gasteiger partial charge in [-0.2, -0.15) is 4.91 Å². The van der Waals surface area contributed by atoms with Crippen LogP contribution < -0.4 is 9.64 Å². The third-order valence-electron chi connectivity index (χ3n) is 6.45. The molecule has 1 aromatic heterocycles. The highest BCUT2D eigenvalue weighted by Gasteiger charge is 2.31. The second-order valence-electron chi connectivity index (χ2n) is 8.32. The molecule has 1 unspecified atom stereocenters. The van der Waals surface area contributed by atoms with Crippen molar-refractivity contribution in [1.82, 2.24) is 14.4 Å². The number of nitroso groups, excluding NO2 is 1. The summed E-state index contributed by atoms with van der Waals surface area (Å²) in [5, 5.41) is 3.26. The third kappa shape index (κ3) is 4.58. The van der Waals surface area contributed by atoms with Crippen LogP contribution in [0.15, 0.2) is 41.7 Å². The third-order valence-corrected chi connectivity index (χ3v) is 6.45. The number of hydrogen-bond acceptors (Lipinski definition) is 6. The zero-order valence-electron chi connectivity index (χ0n) is 18.4. The average Bonchev–Trinajstić information content (AvgIpc) is 3.13. The molecule has 4 rings (SSSR count). The van der Waals surface area contributed by atoms with Gasteiger partial charge in [0, 0.05) is 69.8 Å². The lowest BCUT2D eigenvalue weighted by molar-refractivity contribution is 0.0742. The first-order valence-corrected chi connectivity index (χ1v) is 11.0. The zero-order chi connectivity index (χ0) is 21.8. The van der Waals surface area contributed by atoms with E-state index in [1.807, 2.05) is 40.9 Å². The van der Waals surface area contributed by atoms with Gasteiger partial charge in [-0.3, -0.25) is 9.69 Å². The van der Waals surface area contributed by atoms with Crippen molar-refractivity contribution in [1.29, 1.82) is 0 Å². The van der Waals surface area contributed by atoms with Crippen LogP contribution in [-0.4, -0.2) is 73.2 Å². The molecule has 2 aliphatic rings. The Bertz CT molecular complexity index is 920. The maximum Gasteiger partial charge on any atom is 0.270 e. The predicted octanol–water partition coefficient (Wildman–Crippen LogP) is 2.90. The molecule has 8 heteroatoms. The number of anilines is 1. The lowest BCUT2D eigenvalue weighted by Crippen LogP contribution is -2.47. The van der Waals surface area contributed by atoms with E-state index >= 15 is 0 Å². The second-order valence-corrected chi connectivity index (χ2v) is 8.32. The van der Waals surface area contributed by atoms with Gasteiger partial charge in [0.25, 0.3) is 5.91 Å². The lowest BCUT2D eigenvalue weighted by Gasteiger charge is -2.36. The van der Waals surface area contributed by atoms with E-state index in [4.69, 9.17) is 4.74 Å². The number of methoxy groups -OCH3 is 1. The van der Waals surface area contributed by atoms with Crippen LogP contribution in [0.5, 0.6) is 5.75 Å². The monoisotopic (exact) mass is 425 g/mol. The molecule has 0 aliphatic carbocycles. The van der Waals surface area contributed by atoms with Gasteiger partial charge in [0.1, 0.15) is 17.5 Å². The van der Waals surface area contributed by atoms with Crippen molar-refractivity contribution in [3.63, 3.8) is 0 Å². The summed E-state index contributed by atoms with van der Waals surface area (Å²) in [6, 6.07) is 9.62. The summed E-state index contributed by atoms with van der Waals surface area (Å²) in [5.74, 6) is 0.895. The molecule has 2 aliphatic heterocycles. The van der Waals surface area contributed by atoms with Crippen LogP contribution in [0.2, 0.25) is 0 Å². The summed E-state index contributed by atoms with van der Waals surface area (Å²) in [5.41, 5.74) is 2.57. The number of carbonyl (C=O) groups is 1. The van der Waals surface area contributed by atoms with E-state index in [0.717, 1.165) is 50.5 Å². The van der Waals surface area contributed by atoms with Crippen molar-refractivity contribution in [3.05, 3.63) is 52.7 Å². The van der Waals surface area contributed by atoms with Crippen molar-refractivity contribution in [2.75, 3.05) is 57.8 Å². The van der Waals surface area contributed by atoms with Crippen LogP contribution in [0.3, 0.4) is 0 Å². The fourth-order valence-electron chi connectivity index (χ4n) is 4.62. The lowest BCUT2D eigenvalue weighted by atomic mass is 10.1. The van der Waals surface area contributed by atoms with Gasteiger partial charge in [0.2, 0.25) is 0 Å². The highest BCUT2D eigenvalue weighted by molar-refractivity contribution is 5.95. The van der Waals surface area contributed by atoms with Crippen molar-refractivity contribution < 1.29 is 9.53 Å². The minimum Gasteiger partial charge on any atom is -0.497 e. The Balaban J connectivity index is 1.28. The average molecular weight is 426 g/mol. The zero-order valence-corrected chi connectivity index (χ0v) is 18.4. The number of aryl methyl sites for hydroxylation is 1. The Morgan fingerprint density at radius 1 is 1.10 bits per heavy atom. The number of piperazine rings is 1. The van der Waals surface area contributed by atoms with E-state index in [2.05, 4.69) is 27.1 Å². The van der Waals surface area contributed by atoms with Gasteiger partial charge in [-0.1, -0.05) is 11.2 Å². The summed E-state index contributed by atoms with van der Waals surface area (Å²) in [6.07, 6.45) is 3.35. The minimum atomic E-state index is -0.435. The Kier molecular flexibility index (Phi) is 6.56. The number of ether oxygens (including phenoxy) is 1. The second kappa shape index (κ2) is 9.51. The highest BCUT2D eigenvalue weighted by Crippen LogP contribution is 2.30. The van der Waals surface area contributed by atoms with E-state index in [1.54, 1.807) is 7.11 Å². The summed E-state index contributed by atoms with van der Waals surface area (Å²) >= 11 is 0. The summed E-state index contributed by atoms with van der Waals surface area (Å²) in [7, 11) is 3.55. The largest absolute Gasteiger partial charge is 0.497 e. The first kappa shape index (κ1) is 21.4. The molecule has 3 heterocycles. The van der Waals surface area contributed by atoms with Crippen molar-refractivity contribution in [2.45, 2.75) is 18.9 Å². The molecular weight excluding hydrogens is 394 g/mol. The van der Waals surface area contributed by atoms with Crippen LogP contribution in [0.25, 0.3) is 0 Å². The number of benzene rings is 1. The smallest absolute Gasteiger partial charge is 0.270 e. The number of rotatable bonds is 7. The molecule has 0 radical (unpaired) electrons. The Morgan fingerprint density at radius 2 is 1.90 bits per heavy atom. The quantitative estimate of drug-likeness (QED) is 0.638. The normalized spacial score (nSPS) is 19.8. The number of amides is 1. The van der Waals surface area contributed by atoms with Crippen molar-refractivity contribution in [2.24, 2.45) is 12.2 Å². The topological polar surface area (TPSA) is 70.4 Å². The van der Waals surface area contributed by atoms with Crippen molar-refractivity contribution >= 4 is 11.6 Å². The molecule has 0 spiro atoms. The molecule has 1 amide bonds. The van der Waals surface area contributed by atoms with Crippen molar-refractivity contribution in [3.8, 4) is 5.75 Å². The molecule has 0 bridgehead atoms. The van der Waals surface area contributed by atoms with Gasteiger partial charge < -0.3 is 19.1 Å². The van der Waals surface area contributed by atoms with E-state index < -0.39 is 6.04 Å². The van der Waals surface area contributed by atoms with Gasteiger partial charge in [-0.15, -0.1) is 0 Å². The molecule has 1 atom stereocenters. The molecule has 8 nitrogen and oxygen atoms in total. The molecule has 31 heavy (non-hydrogen) atoms. The first-order chi connectivity index (χ1) is 15.1. The number of hydrogen-bond donors (Lipinski definition) is 0. The molecule has 1 saturated heterocycles. The number of carbonyl (C=O) groups excluding carboxylic acids is 1. The maximum atomic E-state index is 13.0. The highest BCUT2D eigenvalue weighted by atomic mass is 16.5. The maximum absolute atomic E-state index is 13.0. The van der Waals surface area contributed by atoms with E-state index in [-0.39, 0.29) is 5.91 Å².